The molecule has 11 heteroatoms. The highest BCUT2D eigenvalue weighted by Gasteiger charge is 2.31. The molecule has 0 saturated carbocycles. The maximum atomic E-state index is 14.3. The molecule has 1 saturated heterocycles. The summed E-state index contributed by atoms with van der Waals surface area (Å²) in [4.78, 5) is 23.2. The minimum absolute atomic E-state index is 0.0249. The van der Waals surface area contributed by atoms with E-state index < -0.39 is 21.8 Å². The molecule has 39 heavy (non-hydrogen) atoms. The Morgan fingerprint density at radius 1 is 1.23 bits per heavy atom. The van der Waals surface area contributed by atoms with Gasteiger partial charge in [0.15, 0.2) is 0 Å². The number of anilines is 1. The van der Waals surface area contributed by atoms with Crippen LogP contribution in [0.2, 0.25) is 0 Å². The number of carboxylic acids is 1. The van der Waals surface area contributed by atoms with Crippen LogP contribution in [-0.2, 0) is 16.4 Å². The van der Waals surface area contributed by atoms with Gasteiger partial charge in [-0.1, -0.05) is 17.7 Å². The summed E-state index contributed by atoms with van der Waals surface area (Å²) in [6, 6.07) is 10.9. The monoisotopic (exact) mass is 551 g/mol. The summed E-state index contributed by atoms with van der Waals surface area (Å²) in [5.74, 6) is -1.23. The quantitative estimate of drug-likeness (QED) is 0.329. The zero-order valence-electron chi connectivity index (χ0n) is 21.7. The van der Waals surface area contributed by atoms with Crippen molar-refractivity contribution < 1.29 is 22.7 Å². The van der Waals surface area contributed by atoms with Crippen LogP contribution in [-0.4, -0.2) is 46.0 Å². The fraction of sp³-hybridized carbons (Fsp3) is 0.321. The molecule has 204 valence electrons. The number of aromatic nitrogens is 3. The second kappa shape index (κ2) is 10.4. The predicted octanol–water partition coefficient (Wildman–Crippen LogP) is 4.44. The number of carbonyl (C=O) groups is 1. The van der Waals surface area contributed by atoms with Crippen molar-refractivity contribution in [1.82, 2.24) is 13.9 Å². The molecule has 3 aromatic heterocycles. The normalized spacial score (nSPS) is 16.6. The van der Waals surface area contributed by atoms with E-state index >= 15 is 0 Å². The Kier molecular flexibility index (Phi) is 7.13. The molecular weight excluding hydrogens is 521 g/mol. The number of aromatic carboxylic acids is 1. The molecule has 1 fully saturated rings. The lowest BCUT2D eigenvalue weighted by Crippen LogP contribution is -2.25. The number of halogens is 1. The van der Waals surface area contributed by atoms with Crippen molar-refractivity contribution in [3.05, 3.63) is 83.1 Å². The number of pyridine rings is 2. The molecule has 1 aliphatic rings. The summed E-state index contributed by atoms with van der Waals surface area (Å²) in [6.07, 6.45) is 5.18. The molecule has 0 bridgehead atoms. The highest BCUT2D eigenvalue weighted by molar-refractivity contribution is 7.90. The lowest BCUT2D eigenvalue weighted by Gasteiger charge is -2.27. The molecule has 0 aliphatic carbocycles. The van der Waals surface area contributed by atoms with Crippen LogP contribution >= 0.6 is 0 Å². The Hall–Kier alpha value is -3.83. The number of nitrogens with two attached hydrogens (primary N) is 1. The van der Waals surface area contributed by atoms with E-state index in [-0.39, 0.29) is 33.6 Å². The van der Waals surface area contributed by atoms with Crippen molar-refractivity contribution in [2.45, 2.75) is 56.5 Å². The Balaban J connectivity index is 1.58. The lowest BCUT2D eigenvalue weighted by molar-refractivity contribution is 0.0699. The molecule has 0 amide bonds. The topological polar surface area (TPSA) is 131 Å². The Morgan fingerprint density at radius 3 is 2.67 bits per heavy atom. The van der Waals surface area contributed by atoms with Gasteiger partial charge in [-0.25, -0.2) is 26.6 Å². The highest BCUT2D eigenvalue weighted by Crippen LogP contribution is 2.38. The van der Waals surface area contributed by atoms with E-state index in [2.05, 4.69) is 9.97 Å². The maximum Gasteiger partial charge on any atom is 0.339 e. The summed E-state index contributed by atoms with van der Waals surface area (Å²) in [5.41, 5.74) is 8.39. The average molecular weight is 552 g/mol. The summed E-state index contributed by atoms with van der Waals surface area (Å²) >= 11 is 0. The van der Waals surface area contributed by atoms with E-state index in [4.69, 9.17) is 5.73 Å². The van der Waals surface area contributed by atoms with E-state index in [0.29, 0.717) is 25.2 Å². The zero-order chi connectivity index (χ0) is 27.9. The zero-order valence-corrected chi connectivity index (χ0v) is 22.5. The van der Waals surface area contributed by atoms with Gasteiger partial charge in [-0.05, 0) is 75.4 Å². The first-order chi connectivity index (χ1) is 18.6. The van der Waals surface area contributed by atoms with Crippen molar-refractivity contribution in [1.29, 1.82) is 0 Å². The lowest BCUT2D eigenvalue weighted by atomic mass is 9.98. The van der Waals surface area contributed by atoms with Gasteiger partial charge in [-0.2, -0.15) is 0 Å². The van der Waals surface area contributed by atoms with Gasteiger partial charge in [-0.3, -0.25) is 4.98 Å². The second-order valence-electron chi connectivity index (χ2n) is 10.1. The number of hydrogen-bond donors (Lipinski definition) is 2. The number of hydrogen-bond acceptors (Lipinski definition) is 7. The van der Waals surface area contributed by atoms with Crippen molar-refractivity contribution in [2.24, 2.45) is 5.73 Å². The van der Waals surface area contributed by atoms with Gasteiger partial charge < -0.3 is 15.7 Å². The van der Waals surface area contributed by atoms with E-state index in [0.717, 1.165) is 39.8 Å². The Bertz CT molecular complexity index is 1650. The molecule has 5 rings (SSSR count). The van der Waals surface area contributed by atoms with Crippen LogP contribution in [0.15, 0.2) is 59.8 Å². The molecule has 0 unspecified atom stereocenters. The maximum absolute atomic E-state index is 14.3. The smallest absolute Gasteiger partial charge is 0.339 e. The third-order valence-electron chi connectivity index (χ3n) is 7.12. The molecule has 1 aliphatic heterocycles. The Morgan fingerprint density at radius 2 is 1.97 bits per heavy atom. The first-order valence-electron chi connectivity index (χ1n) is 12.8. The standard InChI is InChI=1S/C28H30FN5O4S/c1-17-5-8-20(9-6-17)39(37,38)34-16-22(28(35)36)27-25(34)11-12-26(32-27)33-13-3-4-24(33)21-14-19(29)15-31-23(21)10-7-18(2)30/h5-6,8-9,11-12,14-16,18,24H,3-4,7,10,13,30H2,1-2H3,(H,35,36)/t18-,24-/m1/s1. The third-order valence-corrected chi connectivity index (χ3v) is 8.81. The molecule has 4 heterocycles. The number of nitrogens with zero attached hydrogens (tertiary/aromatic N) is 4. The van der Waals surface area contributed by atoms with E-state index in [1.807, 2.05) is 18.7 Å². The summed E-state index contributed by atoms with van der Waals surface area (Å²) in [6.45, 7) is 4.38. The van der Waals surface area contributed by atoms with Crippen LogP contribution in [0.4, 0.5) is 10.2 Å². The predicted molar refractivity (Wildman–Crippen MR) is 146 cm³/mol. The molecule has 9 nitrogen and oxygen atoms in total. The fourth-order valence-electron chi connectivity index (χ4n) is 5.11. The summed E-state index contributed by atoms with van der Waals surface area (Å²) in [7, 11) is -4.06. The molecule has 0 spiro atoms. The second-order valence-corrected chi connectivity index (χ2v) is 11.9. The van der Waals surface area contributed by atoms with Crippen LogP contribution in [0.3, 0.4) is 0 Å². The molecule has 0 radical (unpaired) electrons. The third kappa shape index (κ3) is 5.11. The van der Waals surface area contributed by atoms with Gasteiger partial charge in [0, 0.05) is 24.5 Å². The molecule has 3 N–H and O–H groups in total. The minimum atomic E-state index is -4.06. The highest BCUT2D eigenvalue weighted by atomic mass is 32.2. The van der Waals surface area contributed by atoms with E-state index in [9.17, 15) is 22.7 Å². The van der Waals surface area contributed by atoms with Crippen LogP contribution in [0.25, 0.3) is 11.0 Å². The van der Waals surface area contributed by atoms with Crippen LogP contribution < -0.4 is 10.6 Å². The van der Waals surface area contributed by atoms with Gasteiger partial charge in [0.1, 0.15) is 22.7 Å². The number of benzene rings is 1. The molecule has 4 aromatic rings. The fourth-order valence-corrected chi connectivity index (χ4v) is 6.47. The van der Waals surface area contributed by atoms with Gasteiger partial charge in [0.2, 0.25) is 0 Å². The summed E-state index contributed by atoms with van der Waals surface area (Å²) < 4.78 is 42.1. The average Bonchev–Trinajstić information content (AvgIpc) is 3.53. The SMILES string of the molecule is Cc1ccc(S(=O)(=O)n2cc(C(=O)O)c3nc(N4CCC[C@@H]4c4cc(F)cnc4CC[C@@H](C)N)ccc32)cc1. The minimum Gasteiger partial charge on any atom is -0.478 e. The van der Waals surface area contributed by atoms with Crippen molar-refractivity contribution >= 4 is 32.8 Å². The Labute approximate surface area is 226 Å². The van der Waals surface area contributed by atoms with E-state index in [1.54, 1.807) is 24.3 Å². The van der Waals surface area contributed by atoms with Crippen LogP contribution in [0.1, 0.15) is 59.4 Å². The first-order valence-corrected chi connectivity index (χ1v) is 14.2. The molecule has 1 aromatic carbocycles. The summed E-state index contributed by atoms with van der Waals surface area (Å²) in [5, 5.41) is 9.90. The molecular formula is C28H30FN5O4S. The number of fused-ring (bicyclic) bond motifs is 1. The number of aryl methyl sites for hydroxylation is 2. The van der Waals surface area contributed by atoms with Crippen LogP contribution in [0.5, 0.6) is 0 Å². The van der Waals surface area contributed by atoms with Crippen molar-refractivity contribution in [3.8, 4) is 0 Å². The number of rotatable bonds is 8. The number of carboxylic acid groups (broad SMARTS) is 1. The van der Waals surface area contributed by atoms with Gasteiger partial charge in [0.05, 0.1) is 22.7 Å². The first kappa shape index (κ1) is 26.8. The largest absolute Gasteiger partial charge is 0.478 e. The molecule has 2 atom stereocenters. The van der Waals surface area contributed by atoms with Crippen molar-refractivity contribution in [3.63, 3.8) is 0 Å². The van der Waals surface area contributed by atoms with Gasteiger partial charge in [-0.15, -0.1) is 0 Å². The van der Waals surface area contributed by atoms with Crippen LogP contribution in [0, 0.1) is 12.7 Å². The van der Waals surface area contributed by atoms with Gasteiger partial charge >= 0.3 is 5.97 Å². The van der Waals surface area contributed by atoms with Gasteiger partial charge in [0.25, 0.3) is 10.0 Å². The van der Waals surface area contributed by atoms with E-state index in [1.165, 1.54) is 24.4 Å². The van der Waals surface area contributed by atoms with Crippen molar-refractivity contribution in [2.75, 3.05) is 11.4 Å².